The molecule has 0 saturated carbocycles. The Labute approximate surface area is 186 Å². The Hall–Kier alpha value is -2.87. The van der Waals surface area contributed by atoms with Crippen LogP contribution in [0, 0.1) is 6.92 Å². The number of rotatable bonds is 5. The number of benzene rings is 2. The number of esters is 1. The quantitative estimate of drug-likeness (QED) is 0.400. The van der Waals surface area contributed by atoms with Gasteiger partial charge >= 0.3 is 5.97 Å². The third kappa shape index (κ3) is 4.05. The molecule has 0 spiro atoms. The predicted molar refractivity (Wildman–Crippen MR) is 119 cm³/mol. The van der Waals surface area contributed by atoms with Gasteiger partial charge in [-0.1, -0.05) is 47.5 Å². The van der Waals surface area contributed by atoms with E-state index in [0.717, 1.165) is 21.6 Å². The molecule has 4 rings (SSSR count). The van der Waals surface area contributed by atoms with Crippen LogP contribution in [0.1, 0.15) is 15.4 Å². The van der Waals surface area contributed by atoms with Gasteiger partial charge in [-0.05, 0) is 37.3 Å². The van der Waals surface area contributed by atoms with Crippen molar-refractivity contribution in [1.29, 1.82) is 0 Å². The maximum atomic E-state index is 12.5. The Kier molecular flexibility index (Phi) is 5.76. The van der Waals surface area contributed by atoms with Gasteiger partial charge in [0.25, 0.3) is 5.91 Å². The molecule has 0 unspecified atom stereocenters. The molecule has 0 atom stereocenters. The molecule has 4 aromatic rings. The van der Waals surface area contributed by atoms with E-state index in [1.165, 1.54) is 11.3 Å². The maximum Gasteiger partial charge on any atom is 0.348 e. The number of amides is 1. The second-order valence-corrected chi connectivity index (χ2v) is 8.23. The minimum absolute atomic E-state index is 0.280. The Bertz CT molecular complexity index is 1230. The molecule has 0 radical (unpaired) electrons. The molecule has 2 heterocycles. The Morgan fingerprint density at radius 2 is 1.80 bits per heavy atom. The molecule has 0 aliphatic heterocycles. The van der Waals surface area contributed by atoms with Crippen LogP contribution in [0.2, 0.25) is 10.0 Å². The van der Waals surface area contributed by atoms with Crippen LogP contribution < -0.4 is 5.32 Å². The Morgan fingerprint density at radius 1 is 1.10 bits per heavy atom. The number of nitrogens with one attached hydrogen (secondary N) is 1. The monoisotopic (exact) mass is 459 g/mol. The zero-order valence-corrected chi connectivity index (χ0v) is 18.0. The number of anilines is 1. The minimum Gasteiger partial charge on any atom is -0.451 e. The second kappa shape index (κ2) is 8.47. The zero-order valence-electron chi connectivity index (χ0n) is 15.7. The van der Waals surface area contributed by atoms with E-state index in [1.54, 1.807) is 28.9 Å². The van der Waals surface area contributed by atoms with Crippen LogP contribution in [-0.4, -0.2) is 28.3 Å². The van der Waals surface area contributed by atoms with E-state index >= 15 is 0 Å². The highest BCUT2D eigenvalue weighted by Gasteiger charge is 2.19. The number of halogens is 2. The van der Waals surface area contributed by atoms with Crippen molar-refractivity contribution in [3.05, 3.63) is 75.2 Å². The number of ether oxygens (including phenoxy) is 1. The van der Waals surface area contributed by atoms with Crippen LogP contribution in [0.4, 0.5) is 5.69 Å². The van der Waals surface area contributed by atoms with E-state index in [2.05, 4.69) is 10.4 Å². The summed E-state index contributed by atoms with van der Waals surface area (Å²) in [6, 6.07) is 16.2. The number of aryl methyl sites for hydroxylation is 1. The van der Waals surface area contributed by atoms with Crippen LogP contribution in [-0.2, 0) is 9.53 Å². The van der Waals surface area contributed by atoms with Crippen molar-refractivity contribution in [2.75, 3.05) is 11.9 Å². The SMILES string of the molecule is Cc1nn(-c2ccccc2)c2sc(C(=O)OCC(=O)Nc3c(Cl)cccc3Cl)cc12. The van der Waals surface area contributed by atoms with Crippen molar-refractivity contribution in [3.8, 4) is 5.69 Å². The molecule has 2 aromatic heterocycles. The van der Waals surface area contributed by atoms with E-state index in [9.17, 15) is 9.59 Å². The first-order valence-corrected chi connectivity index (χ1v) is 10.5. The van der Waals surface area contributed by atoms with E-state index in [0.29, 0.717) is 14.9 Å². The predicted octanol–water partition coefficient (Wildman–Crippen LogP) is 5.50. The van der Waals surface area contributed by atoms with Gasteiger partial charge in [0.1, 0.15) is 9.71 Å². The summed E-state index contributed by atoms with van der Waals surface area (Å²) in [7, 11) is 0. The summed E-state index contributed by atoms with van der Waals surface area (Å²) in [6.07, 6.45) is 0. The van der Waals surface area contributed by atoms with Crippen molar-refractivity contribution in [3.63, 3.8) is 0 Å². The first-order chi connectivity index (χ1) is 14.4. The number of hydrogen-bond acceptors (Lipinski definition) is 5. The summed E-state index contributed by atoms with van der Waals surface area (Å²) >= 11 is 13.3. The van der Waals surface area contributed by atoms with E-state index in [1.807, 2.05) is 37.3 Å². The number of fused-ring (bicyclic) bond motifs is 1. The number of carbonyl (C=O) groups excluding carboxylic acids is 2. The molecular weight excluding hydrogens is 445 g/mol. The number of nitrogens with zero attached hydrogens (tertiary/aromatic N) is 2. The van der Waals surface area contributed by atoms with Crippen LogP contribution in [0.5, 0.6) is 0 Å². The highest BCUT2D eigenvalue weighted by molar-refractivity contribution is 7.20. The third-order valence-corrected chi connectivity index (χ3v) is 6.03. The fourth-order valence-corrected chi connectivity index (χ4v) is 4.46. The standard InChI is InChI=1S/C21H15Cl2N3O3S/c1-12-14-10-17(30-20(14)26(25-12)13-6-3-2-4-7-13)21(28)29-11-18(27)24-19-15(22)8-5-9-16(19)23/h2-10H,11H2,1H3,(H,24,27). The van der Waals surface area contributed by atoms with Crippen LogP contribution >= 0.6 is 34.5 Å². The second-order valence-electron chi connectivity index (χ2n) is 6.38. The average Bonchev–Trinajstić information content (AvgIpc) is 3.30. The van der Waals surface area contributed by atoms with Gasteiger partial charge in [-0.15, -0.1) is 11.3 Å². The van der Waals surface area contributed by atoms with Crippen molar-refractivity contribution >= 4 is 62.3 Å². The number of aromatic nitrogens is 2. The maximum absolute atomic E-state index is 12.5. The summed E-state index contributed by atoms with van der Waals surface area (Å²) in [5, 5.41) is 8.56. The summed E-state index contributed by atoms with van der Waals surface area (Å²) < 4.78 is 6.96. The summed E-state index contributed by atoms with van der Waals surface area (Å²) in [5.74, 6) is -1.12. The summed E-state index contributed by atoms with van der Waals surface area (Å²) in [4.78, 5) is 25.9. The number of para-hydroxylation sites is 2. The lowest BCUT2D eigenvalue weighted by molar-refractivity contribution is -0.119. The van der Waals surface area contributed by atoms with Crippen molar-refractivity contribution < 1.29 is 14.3 Å². The lowest BCUT2D eigenvalue weighted by atomic mass is 10.3. The molecule has 0 aliphatic carbocycles. The van der Waals surface area contributed by atoms with Gasteiger partial charge < -0.3 is 10.1 Å². The molecule has 0 bridgehead atoms. The van der Waals surface area contributed by atoms with Gasteiger partial charge in [-0.25, -0.2) is 9.48 Å². The molecule has 9 heteroatoms. The molecular formula is C21H15Cl2N3O3S. The van der Waals surface area contributed by atoms with E-state index in [-0.39, 0.29) is 5.69 Å². The Morgan fingerprint density at radius 3 is 2.50 bits per heavy atom. The van der Waals surface area contributed by atoms with Crippen molar-refractivity contribution in [2.24, 2.45) is 0 Å². The molecule has 1 N–H and O–H groups in total. The first kappa shape index (κ1) is 20.4. The minimum atomic E-state index is -0.587. The van der Waals surface area contributed by atoms with Gasteiger partial charge in [0.15, 0.2) is 6.61 Å². The fraction of sp³-hybridized carbons (Fsp3) is 0.0952. The normalized spacial score (nSPS) is 10.9. The van der Waals surface area contributed by atoms with E-state index < -0.39 is 18.5 Å². The van der Waals surface area contributed by atoms with Gasteiger partial charge in [0, 0.05) is 5.39 Å². The molecule has 0 saturated heterocycles. The van der Waals surface area contributed by atoms with Crippen molar-refractivity contribution in [2.45, 2.75) is 6.92 Å². The highest BCUT2D eigenvalue weighted by Crippen LogP contribution is 2.31. The van der Waals surface area contributed by atoms with Gasteiger partial charge in [-0.3, -0.25) is 4.79 Å². The zero-order chi connectivity index (χ0) is 21.3. The molecule has 2 aromatic carbocycles. The van der Waals surface area contributed by atoms with Gasteiger partial charge in [0.05, 0.1) is 27.1 Å². The highest BCUT2D eigenvalue weighted by atomic mass is 35.5. The van der Waals surface area contributed by atoms with Crippen LogP contribution in [0.3, 0.4) is 0 Å². The van der Waals surface area contributed by atoms with E-state index in [4.69, 9.17) is 27.9 Å². The molecule has 152 valence electrons. The van der Waals surface area contributed by atoms with Gasteiger partial charge in [-0.2, -0.15) is 5.10 Å². The topological polar surface area (TPSA) is 73.2 Å². The molecule has 6 nitrogen and oxygen atoms in total. The molecule has 30 heavy (non-hydrogen) atoms. The number of carbonyl (C=O) groups is 2. The first-order valence-electron chi connectivity index (χ1n) is 8.89. The summed E-state index contributed by atoms with van der Waals surface area (Å²) in [6.45, 7) is 1.42. The summed E-state index contributed by atoms with van der Waals surface area (Å²) in [5.41, 5.74) is 1.98. The molecule has 1 amide bonds. The number of thiophene rings is 1. The fourth-order valence-electron chi connectivity index (χ4n) is 2.89. The smallest absolute Gasteiger partial charge is 0.348 e. The lowest BCUT2D eigenvalue weighted by Gasteiger charge is -2.09. The van der Waals surface area contributed by atoms with Gasteiger partial charge in [0.2, 0.25) is 0 Å². The largest absolute Gasteiger partial charge is 0.451 e. The average molecular weight is 460 g/mol. The molecule has 0 fully saturated rings. The Balaban J connectivity index is 1.48. The third-order valence-electron chi connectivity index (χ3n) is 4.31. The van der Waals surface area contributed by atoms with Crippen LogP contribution in [0.25, 0.3) is 15.9 Å². The van der Waals surface area contributed by atoms with Crippen LogP contribution in [0.15, 0.2) is 54.6 Å². The molecule has 0 aliphatic rings. The number of hydrogen-bond donors (Lipinski definition) is 1. The van der Waals surface area contributed by atoms with Crippen molar-refractivity contribution in [1.82, 2.24) is 9.78 Å². The lowest BCUT2D eigenvalue weighted by Crippen LogP contribution is -2.21.